The molecule has 128 valence electrons. The lowest BCUT2D eigenvalue weighted by atomic mass is 10.0. The van der Waals surface area contributed by atoms with Crippen molar-refractivity contribution in [1.29, 1.82) is 0 Å². The molecule has 4 rings (SSSR count). The number of aromatic nitrogens is 2. The molecule has 7 heteroatoms. The second kappa shape index (κ2) is 5.54. The van der Waals surface area contributed by atoms with Gasteiger partial charge in [-0.3, -0.25) is 4.79 Å². The molecule has 2 atom stereocenters. The predicted molar refractivity (Wildman–Crippen MR) is 92.2 cm³/mol. The Bertz CT molecular complexity index is 998. The summed E-state index contributed by atoms with van der Waals surface area (Å²) in [6, 6.07) is 6.90. The lowest BCUT2D eigenvalue weighted by molar-refractivity contribution is -0.117. The molecule has 0 aliphatic heterocycles. The molecule has 2 unspecified atom stereocenters. The van der Waals surface area contributed by atoms with Crippen LogP contribution in [0, 0.1) is 11.7 Å². The minimum Gasteiger partial charge on any atom is -0.396 e. The van der Waals surface area contributed by atoms with Gasteiger partial charge in [0.2, 0.25) is 5.91 Å². The van der Waals surface area contributed by atoms with Gasteiger partial charge in [0.15, 0.2) is 5.82 Å². The van der Waals surface area contributed by atoms with Gasteiger partial charge < -0.3 is 15.6 Å². The Kier molecular flexibility index (Phi) is 3.45. The molecular formula is C18H16F2N4O. The molecular weight excluding hydrogens is 326 g/mol. The highest BCUT2D eigenvalue weighted by Crippen LogP contribution is 2.36. The summed E-state index contributed by atoms with van der Waals surface area (Å²) < 4.78 is 29.4. The van der Waals surface area contributed by atoms with E-state index < -0.39 is 23.8 Å². The van der Waals surface area contributed by atoms with Crippen molar-refractivity contribution in [2.75, 3.05) is 11.1 Å². The summed E-state index contributed by atoms with van der Waals surface area (Å²) in [6.45, 7) is 0. The van der Waals surface area contributed by atoms with Crippen LogP contribution in [0.4, 0.5) is 20.3 Å². The Morgan fingerprint density at radius 1 is 1.44 bits per heavy atom. The van der Waals surface area contributed by atoms with Crippen molar-refractivity contribution >= 4 is 28.2 Å². The normalized spacial score (nSPS) is 19.2. The molecule has 0 bridgehead atoms. The summed E-state index contributed by atoms with van der Waals surface area (Å²) in [5.74, 6) is -1.21. The number of nitrogens with two attached hydrogens (primary N) is 1. The smallest absolute Gasteiger partial charge is 0.231 e. The number of rotatable bonds is 3. The molecule has 0 saturated heterocycles. The molecule has 1 amide bonds. The highest BCUT2D eigenvalue weighted by molar-refractivity contribution is 6.00. The van der Waals surface area contributed by atoms with E-state index >= 15 is 0 Å². The van der Waals surface area contributed by atoms with Crippen molar-refractivity contribution in [3.63, 3.8) is 0 Å². The molecule has 1 fully saturated rings. The molecule has 3 N–H and O–H groups in total. The highest BCUT2D eigenvalue weighted by atomic mass is 19.1. The number of nitrogens with zero attached hydrogens (tertiary/aromatic N) is 2. The molecule has 25 heavy (non-hydrogen) atoms. The molecule has 1 aliphatic rings. The van der Waals surface area contributed by atoms with E-state index in [1.807, 2.05) is 19.3 Å². The van der Waals surface area contributed by atoms with Crippen molar-refractivity contribution in [3.8, 4) is 11.3 Å². The van der Waals surface area contributed by atoms with Crippen LogP contribution in [-0.4, -0.2) is 21.6 Å². The lowest BCUT2D eigenvalue weighted by Crippen LogP contribution is -2.15. The SMILES string of the molecule is Cn1cccc1-c1cc2cc(NC(=O)C3CC3F)ncc2c(N)c1F. The first-order chi connectivity index (χ1) is 12.0. The average molecular weight is 342 g/mol. The molecule has 1 aromatic carbocycles. The Morgan fingerprint density at radius 2 is 2.20 bits per heavy atom. The van der Waals surface area contributed by atoms with Crippen LogP contribution in [0.3, 0.4) is 0 Å². The fourth-order valence-electron chi connectivity index (χ4n) is 2.95. The maximum Gasteiger partial charge on any atom is 0.231 e. The zero-order chi connectivity index (χ0) is 17.7. The molecule has 5 nitrogen and oxygen atoms in total. The Hall–Kier alpha value is -2.96. The fourth-order valence-corrected chi connectivity index (χ4v) is 2.95. The summed E-state index contributed by atoms with van der Waals surface area (Å²) in [4.78, 5) is 15.9. The number of carbonyl (C=O) groups is 1. The van der Waals surface area contributed by atoms with E-state index in [0.29, 0.717) is 27.8 Å². The third-order valence-corrected chi connectivity index (χ3v) is 4.52. The van der Waals surface area contributed by atoms with Crippen molar-refractivity contribution in [2.24, 2.45) is 13.0 Å². The monoisotopic (exact) mass is 342 g/mol. The maximum absolute atomic E-state index is 14.7. The molecule has 0 spiro atoms. The number of alkyl halides is 1. The van der Waals surface area contributed by atoms with Gasteiger partial charge in [0, 0.05) is 30.4 Å². The van der Waals surface area contributed by atoms with Gasteiger partial charge in [0.05, 0.1) is 17.3 Å². The Balaban J connectivity index is 1.77. The van der Waals surface area contributed by atoms with E-state index in [2.05, 4.69) is 10.3 Å². The first-order valence-electron chi connectivity index (χ1n) is 7.90. The first-order valence-corrected chi connectivity index (χ1v) is 7.90. The number of nitrogens with one attached hydrogen (secondary N) is 1. The number of hydrogen-bond acceptors (Lipinski definition) is 3. The van der Waals surface area contributed by atoms with Crippen LogP contribution < -0.4 is 11.1 Å². The molecule has 3 aromatic rings. The lowest BCUT2D eigenvalue weighted by Gasteiger charge is -2.12. The second-order valence-electron chi connectivity index (χ2n) is 6.29. The van der Waals surface area contributed by atoms with E-state index in [-0.39, 0.29) is 12.1 Å². The topological polar surface area (TPSA) is 72.9 Å². The van der Waals surface area contributed by atoms with Gasteiger partial charge in [-0.05, 0) is 36.1 Å². The van der Waals surface area contributed by atoms with Crippen molar-refractivity contribution in [3.05, 3.63) is 42.5 Å². The van der Waals surface area contributed by atoms with Crippen LogP contribution in [0.15, 0.2) is 36.7 Å². The zero-order valence-electron chi connectivity index (χ0n) is 13.5. The predicted octanol–water partition coefficient (Wildman–Crippen LogP) is 3.26. The Morgan fingerprint density at radius 3 is 2.84 bits per heavy atom. The fraction of sp³-hybridized carbons (Fsp3) is 0.222. The number of amides is 1. The van der Waals surface area contributed by atoms with Gasteiger partial charge in [-0.1, -0.05) is 0 Å². The molecule has 1 aliphatic carbocycles. The van der Waals surface area contributed by atoms with E-state index in [9.17, 15) is 13.6 Å². The third kappa shape index (κ3) is 2.61. The Labute approximate surface area is 142 Å². The standard InChI is InChI=1S/C18H16F2N4O/c1-24-4-2-3-14(24)11-5-9-6-15(23-18(25)10-7-13(10)19)22-8-12(9)17(21)16(11)20/h2-6,8,10,13H,7,21H2,1H3,(H,22,23,25). The van der Waals surface area contributed by atoms with Gasteiger partial charge in [-0.15, -0.1) is 0 Å². The minimum absolute atomic E-state index is 0.00471. The average Bonchev–Trinajstić information content (AvgIpc) is 3.17. The summed E-state index contributed by atoms with van der Waals surface area (Å²) >= 11 is 0. The summed E-state index contributed by atoms with van der Waals surface area (Å²) in [6.07, 6.45) is 2.40. The van der Waals surface area contributed by atoms with Gasteiger partial charge in [0.1, 0.15) is 12.0 Å². The van der Waals surface area contributed by atoms with Crippen molar-refractivity contribution in [2.45, 2.75) is 12.6 Å². The number of benzene rings is 1. The largest absolute Gasteiger partial charge is 0.396 e. The van der Waals surface area contributed by atoms with Gasteiger partial charge in [-0.2, -0.15) is 0 Å². The van der Waals surface area contributed by atoms with Crippen LogP contribution in [0.1, 0.15) is 6.42 Å². The number of anilines is 2. The number of pyridine rings is 1. The number of halogens is 2. The third-order valence-electron chi connectivity index (χ3n) is 4.52. The zero-order valence-corrected chi connectivity index (χ0v) is 13.5. The first kappa shape index (κ1) is 15.6. The molecule has 2 heterocycles. The van der Waals surface area contributed by atoms with Crippen LogP contribution >= 0.6 is 0 Å². The summed E-state index contributed by atoms with van der Waals surface area (Å²) in [5, 5.41) is 3.70. The molecule has 0 radical (unpaired) electrons. The molecule has 2 aromatic heterocycles. The van der Waals surface area contributed by atoms with E-state index in [0.717, 1.165) is 0 Å². The minimum atomic E-state index is -1.07. The number of nitrogen functional groups attached to an aromatic ring is 1. The number of hydrogen-bond donors (Lipinski definition) is 2. The van der Waals surface area contributed by atoms with Gasteiger partial charge in [0.25, 0.3) is 0 Å². The summed E-state index contributed by atoms with van der Waals surface area (Å²) in [7, 11) is 1.82. The van der Waals surface area contributed by atoms with Gasteiger partial charge >= 0.3 is 0 Å². The number of fused-ring (bicyclic) bond motifs is 1. The van der Waals surface area contributed by atoms with E-state index in [1.165, 1.54) is 6.20 Å². The van der Waals surface area contributed by atoms with E-state index in [4.69, 9.17) is 5.73 Å². The van der Waals surface area contributed by atoms with Crippen molar-refractivity contribution < 1.29 is 13.6 Å². The van der Waals surface area contributed by atoms with Crippen LogP contribution in [-0.2, 0) is 11.8 Å². The van der Waals surface area contributed by atoms with Crippen molar-refractivity contribution in [1.82, 2.24) is 9.55 Å². The highest BCUT2D eigenvalue weighted by Gasteiger charge is 2.43. The quantitative estimate of drug-likeness (QED) is 0.718. The van der Waals surface area contributed by atoms with E-state index in [1.54, 1.807) is 22.8 Å². The second-order valence-corrected chi connectivity index (χ2v) is 6.29. The summed E-state index contributed by atoms with van der Waals surface area (Å²) in [5.41, 5.74) is 7.00. The van der Waals surface area contributed by atoms with Crippen LogP contribution in [0.2, 0.25) is 0 Å². The number of carbonyl (C=O) groups excluding carboxylic acids is 1. The number of aryl methyl sites for hydroxylation is 1. The van der Waals surface area contributed by atoms with Crippen LogP contribution in [0.25, 0.3) is 22.0 Å². The van der Waals surface area contributed by atoms with Gasteiger partial charge in [-0.25, -0.2) is 13.8 Å². The molecule has 1 saturated carbocycles. The maximum atomic E-state index is 14.7. The van der Waals surface area contributed by atoms with Crippen LogP contribution in [0.5, 0.6) is 0 Å².